The van der Waals surface area contributed by atoms with Crippen molar-refractivity contribution in [1.82, 2.24) is 0 Å². The van der Waals surface area contributed by atoms with Gasteiger partial charge in [-0.1, -0.05) is 188 Å². The van der Waals surface area contributed by atoms with E-state index in [9.17, 15) is 75.4 Å². The average molecular weight is 2030 g/mol. The number of nitrogen functional groups attached to an aromatic ring is 2. The molecule has 39 heteroatoms. The van der Waals surface area contributed by atoms with E-state index < -0.39 is 87.7 Å². The molecule has 2 radical (unpaired) electrons. The fraction of sp³-hybridized carbons (Fsp3) is 0.161. The minimum atomic E-state index is -4.06. The maximum atomic E-state index is 13.3. The number of sulfonamides is 1. The molecule has 0 unspecified atom stereocenters. The van der Waals surface area contributed by atoms with Crippen molar-refractivity contribution in [3.63, 3.8) is 0 Å². The number of nitrogens with zero attached hydrogens (tertiary/aromatic N) is 9. The summed E-state index contributed by atoms with van der Waals surface area (Å²) in [7, 11) is -2.46. The summed E-state index contributed by atoms with van der Waals surface area (Å²) < 4.78 is 56.0. The minimum Gasteiger partial charge on any atom is -0.399 e. The number of ether oxygens (including phenoxy) is 1. The van der Waals surface area contributed by atoms with Crippen LogP contribution in [0.25, 0.3) is 0 Å². The first-order valence-corrected chi connectivity index (χ1v) is 41.7. The van der Waals surface area contributed by atoms with Crippen LogP contribution in [0.2, 0.25) is 20.1 Å². The topological polar surface area (TPSA) is 469 Å². The molecule has 0 fully saturated rings. The molecule has 10 aromatic rings. The van der Waals surface area contributed by atoms with E-state index in [-0.39, 0.29) is 178 Å². The Balaban J connectivity index is 0.000000523. The maximum Gasteiger partial charge on any atom is 0.354 e. The van der Waals surface area contributed by atoms with Crippen LogP contribution in [0.1, 0.15) is 194 Å². The van der Waals surface area contributed by atoms with Gasteiger partial charge in [0, 0.05) is 71.3 Å². The van der Waals surface area contributed by atoms with Gasteiger partial charge in [-0.15, -0.1) is 0 Å². The standard InChI is InChI=1S/C25H20ClN3O4S.C15H6ClN3O4.C15H8ClN3O2.C10H13ClO2S.C8H2ClNO5.C7H6N2.C2H5I.C2H5.3CH4.2V/c1-25(2,3)16-7-9-18(10-8-16)34(32,33)28-20-12-11-19(26)21-22(20)24(31)29(23(21)30)17-6-4-5-15(13-17)14-27;16-10-4-5-11(19(22)23)13-12(10)14(20)18(15(13)21)9-3-1-2-8(6-9)7-17;16-10-4-5-11(18)13-12(10)14(20)19(15(13)21)9-3-1-2-8(6-9)7-17;1-10(2,3)8-4-6-9(7-5-8)14(11,12)13;9-3-1-2-4(10(13)14)6-5(3)7(11)15-8(6)12;8-5-6-2-1-3-7(9)4-6;1-2-3;1-2;;;;;/h4-13,28H,1-3H3;1-6H;1-6H,18H2;4-7H,1-3H3;1-2H;1-4H,9H2;2H2,1H3;1H2,2H3;3*1H4;;/q;;;;;;;-1;;;;;. The maximum absolute atomic E-state index is 13.3. The summed E-state index contributed by atoms with van der Waals surface area (Å²) in [6.07, 6.45) is 0. The third-order valence-electron chi connectivity index (χ3n) is 17.1. The summed E-state index contributed by atoms with van der Waals surface area (Å²) >= 11 is 26.1. The SMILES string of the molecule is C.C.C.CC(C)(C)c1ccc(S(=O)(=O)Cl)cc1.CC(C)(C)c1ccc(S(=O)(=O)Nc2ccc(Cl)c3c2C(=O)N(c2cccc(C#N)c2)C3=O)cc1.CCI.N#Cc1cccc(N)c1.N#Cc1cccc(N2C(=O)c3c(Cl)ccc([N+](=O)[O-])c3C2=O)c1.N#Cc1cccc(N2C(=O)c3c(N)ccc(Cl)c3C2=O)c1.O=C1OC(=O)c2c([N+](=O)[O-])ccc(Cl)c21.[CH2-]C.[V].[V]. The van der Waals surface area contributed by atoms with Crippen LogP contribution >= 0.6 is 79.7 Å². The van der Waals surface area contributed by atoms with E-state index in [0.717, 1.165) is 38.0 Å². The van der Waals surface area contributed by atoms with Crippen LogP contribution in [-0.4, -0.2) is 78.5 Å². The fourth-order valence-electron chi connectivity index (χ4n) is 11.4. The Bertz CT molecular complexity index is 6290. The summed E-state index contributed by atoms with van der Waals surface area (Å²) in [5.41, 5.74) is 13.8. The summed E-state index contributed by atoms with van der Waals surface area (Å²) in [4.78, 5) is 122. The average Bonchev–Trinajstić information content (AvgIpc) is 1.60. The summed E-state index contributed by atoms with van der Waals surface area (Å²) in [5, 5.41) is 57.2. The van der Waals surface area contributed by atoms with Crippen molar-refractivity contribution in [3.05, 3.63) is 319 Å². The number of imide groups is 3. The number of fused-ring (bicyclic) bond motifs is 4. The van der Waals surface area contributed by atoms with Crippen molar-refractivity contribution in [1.29, 1.82) is 21.0 Å². The fourth-order valence-corrected chi connectivity index (χ4v) is 14.2. The number of cyclic esters (lactones) is 2. The molecule has 0 aromatic heterocycles. The van der Waals surface area contributed by atoms with E-state index in [2.05, 4.69) is 66.7 Å². The van der Waals surface area contributed by atoms with Crippen molar-refractivity contribution in [2.75, 3.05) is 35.3 Å². The van der Waals surface area contributed by atoms with E-state index >= 15 is 0 Å². The van der Waals surface area contributed by atoms with E-state index in [1.165, 1.54) is 108 Å². The van der Waals surface area contributed by atoms with Crippen molar-refractivity contribution in [2.24, 2.45) is 0 Å². The second kappa shape index (κ2) is 46.9. The van der Waals surface area contributed by atoms with Gasteiger partial charge in [0.2, 0.25) is 0 Å². The first-order valence-electron chi connectivity index (χ1n) is 34.9. The predicted molar refractivity (Wildman–Crippen MR) is 486 cm³/mol. The number of halogens is 6. The number of amides is 6. The van der Waals surface area contributed by atoms with Crippen LogP contribution in [0.15, 0.2) is 204 Å². The summed E-state index contributed by atoms with van der Waals surface area (Å²) in [6, 6.07) is 56.0. The van der Waals surface area contributed by atoms with Crippen LogP contribution in [0, 0.1) is 72.5 Å². The molecule has 0 saturated heterocycles. The number of nitro benzene ring substituents is 2. The zero-order valence-electron chi connectivity index (χ0n) is 65.5. The third-order valence-corrected chi connectivity index (χ3v) is 21.1. The van der Waals surface area contributed by atoms with Crippen LogP contribution in [0.4, 0.5) is 45.5 Å². The molecule has 29 nitrogen and oxygen atoms in total. The van der Waals surface area contributed by atoms with E-state index in [1.54, 1.807) is 85.8 Å². The Morgan fingerprint density at radius 3 is 1.10 bits per heavy atom. The first kappa shape index (κ1) is 110. The molecule has 14 rings (SSSR count). The number of nitrogens with two attached hydrogens (primary N) is 2. The summed E-state index contributed by atoms with van der Waals surface area (Å²) in [5.74, 6) is -6.10. The number of benzene rings is 10. The van der Waals surface area contributed by atoms with Crippen molar-refractivity contribution in [3.8, 4) is 24.3 Å². The molecular weight excluding hydrogens is 1960 g/mol. The normalized spacial score (nSPS) is 12.1. The van der Waals surface area contributed by atoms with Gasteiger partial charge < -0.3 is 23.1 Å². The smallest absolute Gasteiger partial charge is 0.354 e. The minimum absolute atomic E-state index is 0. The van der Waals surface area contributed by atoms with Crippen LogP contribution < -0.4 is 30.9 Å². The number of hydrogen-bond acceptors (Lipinski definition) is 23. The molecule has 4 heterocycles. The Morgan fingerprint density at radius 2 is 0.746 bits per heavy atom. The molecule has 0 aliphatic carbocycles. The van der Waals surface area contributed by atoms with Crippen molar-refractivity contribution < 1.29 is 107 Å². The molecule has 4 aliphatic heterocycles. The van der Waals surface area contributed by atoms with Crippen molar-refractivity contribution in [2.45, 2.75) is 98.3 Å². The van der Waals surface area contributed by atoms with Crippen LogP contribution in [-0.2, 0) is 71.8 Å². The van der Waals surface area contributed by atoms with E-state index in [1.807, 2.05) is 45.0 Å². The van der Waals surface area contributed by atoms with Gasteiger partial charge in [0.25, 0.3) is 65.9 Å². The number of nitriles is 4. The van der Waals surface area contributed by atoms with Gasteiger partial charge in [-0.05, 0) is 160 Å². The molecular formula is C87H77Cl5IN12O17S2V2-. The first-order chi connectivity index (χ1) is 56.9. The quantitative estimate of drug-likeness (QED) is 0.0115. The number of anilines is 6. The van der Waals surface area contributed by atoms with Gasteiger partial charge in [0.15, 0.2) is 5.56 Å². The molecule has 0 bridgehead atoms. The predicted octanol–water partition coefficient (Wildman–Crippen LogP) is 20.4. The number of rotatable bonds is 9. The molecule has 10 aromatic carbocycles. The van der Waals surface area contributed by atoms with Gasteiger partial charge in [-0.2, -0.15) is 28.0 Å². The van der Waals surface area contributed by atoms with Crippen LogP contribution in [0.3, 0.4) is 0 Å². The van der Waals surface area contributed by atoms with Gasteiger partial charge in [0.1, 0.15) is 11.1 Å². The number of carbonyl (C=O) groups excluding carboxylic acids is 8. The zero-order valence-corrected chi connectivity index (χ0v) is 75.9. The molecule has 0 atom stereocenters. The number of nitro groups is 2. The zero-order chi connectivity index (χ0) is 90.2. The molecule has 126 heavy (non-hydrogen) atoms. The van der Waals surface area contributed by atoms with E-state index in [0.29, 0.717) is 22.5 Å². The third kappa shape index (κ3) is 25.5. The second-order valence-corrected chi connectivity index (χ2v) is 34.4. The molecule has 4 aliphatic rings. The van der Waals surface area contributed by atoms with Gasteiger partial charge in [-0.25, -0.2) is 41.1 Å². The van der Waals surface area contributed by atoms with Crippen LogP contribution in [0.5, 0.6) is 0 Å². The van der Waals surface area contributed by atoms with Gasteiger partial charge in [-0.3, -0.25) is 53.7 Å². The number of alkyl halides is 1. The Morgan fingerprint density at radius 1 is 0.444 bits per heavy atom. The molecule has 5 N–H and O–H groups in total. The Labute approximate surface area is 789 Å². The monoisotopic (exact) mass is 2030 g/mol. The number of nitrogens with one attached hydrogen (secondary N) is 1. The van der Waals surface area contributed by atoms with E-state index in [4.69, 9.17) is 89.6 Å². The molecule has 0 saturated carbocycles. The Kier molecular flexibility index (Phi) is 41.1. The van der Waals surface area contributed by atoms with Gasteiger partial charge >= 0.3 is 11.9 Å². The molecule has 6 amide bonds. The largest absolute Gasteiger partial charge is 0.399 e. The number of esters is 2. The van der Waals surface area contributed by atoms with Gasteiger partial charge in [0.05, 0.1) is 137 Å². The van der Waals surface area contributed by atoms with Crippen molar-refractivity contribution >= 4 is 192 Å². The molecule has 652 valence electrons. The number of hydrogen-bond donors (Lipinski definition) is 3. The Hall–Kier alpha value is -11.8. The summed E-state index contributed by atoms with van der Waals surface area (Å²) in [6.45, 7) is 19.4. The second-order valence-electron chi connectivity index (χ2n) is 27.0. The number of carbonyl (C=O) groups is 8. The molecule has 0 spiro atoms.